The lowest BCUT2D eigenvalue weighted by molar-refractivity contribution is 0.669. The fourth-order valence-electron chi connectivity index (χ4n) is 4.40. The highest BCUT2D eigenvalue weighted by molar-refractivity contribution is 5.83. The van der Waals surface area contributed by atoms with Gasteiger partial charge in [0.1, 0.15) is 0 Å². The molecule has 0 heterocycles. The van der Waals surface area contributed by atoms with Crippen LogP contribution in [0.1, 0.15) is 34.9 Å². The average molecular weight is 346 g/mol. The standard InChI is InChI=1S/C27H22/c1-3-9-20(10-4-1)25-18-26(22-12-5-2-6-13-22)27(19-25)24-16-15-21-11-7-8-14-23(21)17-24/h1-17,19,26-27H,18H2/t26-,27+/m0/s1. The first-order chi connectivity index (χ1) is 13.4. The Bertz CT molecular complexity index is 1090. The Kier molecular flexibility index (Phi) is 4.10. The van der Waals surface area contributed by atoms with Gasteiger partial charge < -0.3 is 0 Å². The number of hydrogen-bond donors (Lipinski definition) is 0. The van der Waals surface area contributed by atoms with E-state index in [9.17, 15) is 0 Å². The highest BCUT2D eigenvalue weighted by Crippen LogP contribution is 2.48. The molecule has 0 spiro atoms. The Morgan fingerprint density at radius 3 is 2.00 bits per heavy atom. The molecule has 0 bridgehead atoms. The summed E-state index contributed by atoms with van der Waals surface area (Å²) in [5.74, 6) is 0.898. The predicted octanol–water partition coefficient (Wildman–Crippen LogP) is 7.19. The summed E-state index contributed by atoms with van der Waals surface area (Å²) in [7, 11) is 0. The lowest BCUT2D eigenvalue weighted by Crippen LogP contribution is -2.05. The van der Waals surface area contributed by atoms with Gasteiger partial charge in [0.2, 0.25) is 0 Å². The van der Waals surface area contributed by atoms with E-state index in [1.54, 1.807) is 0 Å². The monoisotopic (exact) mass is 346 g/mol. The molecule has 0 fully saturated rings. The summed E-state index contributed by atoms with van der Waals surface area (Å²) in [4.78, 5) is 0. The normalized spacial score (nSPS) is 19.2. The third-order valence-electron chi connectivity index (χ3n) is 5.78. The van der Waals surface area contributed by atoms with E-state index in [-0.39, 0.29) is 0 Å². The molecule has 4 aromatic carbocycles. The van der Waals surface area contributed by atoms with Crippen LogP contribution in [0.5, 0.6) is 0 Å². The van der Waals surface area contributed by atoms with E-state index in [4.69, 9.17) is 0 Å². The molecule has 0 aromatic heterocycles. The van der Waals surface area contributed by atoms with E-state index in [1.807, 2.05) is 0 Å². The van der Waals surface area contributed by atoms with Gasteiger partial charge in [-0.2, -0.15) is 0 Å². The molecule has 0 radical (unpaired) electrons. The summed E-state index contributed by atoms with van der Waals surface area (Å²) < 4.78 is 0. The largest absolute Gasteiger partial charge is 0.0725 e. The van der Waals surface area contributed by atoms with Crippen molar-refractivity contribution < 1.29 is 0 Å². The molecule has 0 N–H and O–H groups in total. The first-order valence-corrected chi connectivity index (χ1v) is 9.68. The lowest BCUT2D eigenvalue weighted by atomic mass is 9.83. The highest BCUT2D eigenvalue weighted by atomic mass is 14.3. The van der Waals surface area contributed by atoms with Gasteiger partial charge in [-0.3, -0.25) is 0 Å². The Morgan fingerprint density at radius 1 is 0.556 bits per heavy atom. The zero-order valence-corrected chi connectivity index (χ0v) is 15.3. The summed E-state index contributed by atoms with van der Waals surface area (Å²) in [6, 6.07) is 37.4. The topological polar surface area (TPSA) is 0 Å². The molecule has 2 atom stereocenters. The molecule has 0 saturated carbocycles. The molecule has 0 saturated heterocycles. The van der Waals surface area contributed by atoms with Gasteiger partial charge in [0.25, 0.3) is 0 Å². The van der Waals surface area contributed by atoms with Crippen LogP contribution in [0, 0.1) is 0 Å². The van der Waals surface area contributed by atoms with Crippen molar-refractivity contribution in [3.8, 4) is 0 Å². The van der Waals surface area contributed by atoms with Crippen LogP contribution in [-0.4, -0.2) is 0 Å². The lowest BCUT2D eigenvalue weighted by Gasteiger charge is -2.21. The van der Waals surface area contributed by atoms with Crippen molar-refractivity contribution in [3.05, 3.63) is 126 Å². The van der Waals surface area contributed by atoms with Crippen molar-refractivity contribution in [1.82, 2.24) is 0 Å². The van der Waals surface area contributed by atoms with E-state index in [0.29, 0.717) is 11.8 Å². The molecule has 0 amide bonds. The third-order valence-corrected chi connectivity index (χ3v) is 5.78. The molecule has 0 heteroatoms. The summed E-state index contributed by atoms with van der Waals surface area (Å²) in [6.07, 6.45) is 3.59. The molecule has 1 aliphatic carbocycles. The van der Waals surface area contributed by atoms with E-state index in [0.717, 1.165) is 6.42 Å². The van der Waals surface area contributed by atoms with Crippen LogP contribution >= 0.6 is 0 Å². The first-order valence-electron chi connectivity index (χ1n) is 9.68. The molecule has 4 aromatic rings. The third kappa shape index (κ3) is 3.08. The van der Waals surface area contributed by atoms with Gasteiger partial charge >= 0.3 is 0 Å². The van der Waals surface area contributed by atoms with E-state index in [1.165, 1.54) is 33.0 Å². The number of rotatable bonds is 3. The van der Waals surface area contributed by atoms with E-state index >= 15 is 0 Å². The van der Waals surface area contributed by atoms with Crippen molar-refractivity contribution in [2.24, 2.45) is 0 Å². The Morgan fingerprint density at radius 2 is 1.22 bits per heavy atom. The minimum absolute atomic E-state index is 0.409. The molecule has 0 nitrogen and oxygen atoms in total. The van der Waals surface area contributed by atoms with Gasteiger partial charge in [-0.15, -0.1) is 0 Å². The molecule has 130 valence electrons. The fourth-order valence-corrected chi connectivity index (χ4v) is 4.40. The SMILES string of the molecule is C1=C(c2ccccc2)C[C@@H](c2ccccc2)[C@H]1c1ccc2ccccc2c1. The van der Waals surface area contributed by atoms with Crippen LogP contribution in [0.25, 0.3) is 16.3 Å². The van der Waals surface area contributed by atoms with Crippen LogP contribution in [0.2, 0.25) is 0 Å². The molecule has 0 unspecified atom stereocenters. The van der Waals surface area contributed by atoms with Gasteiger partial charge in [-0.05, 0) is 45.4 Å². The minimum Gasteiger partial charge on any atom is -0.0725 e. The van der Waals surface area contributed by atoms with E-state index < -0.39 is 0 Å². The quantitative estimate of drug-likeness (QED) is 0.368. The van der Waals surface area contributed by atoms with Gasteiger partial charge in [0.05, 0.1) is 0 Å². The molecule has 0 aliphatic heterocycles. The molecular formula is C27H22. The number of fused-ring (bicyclic) bond motifs is 1. The van der Waals surface area contributed by atoms with Crippen LogP contribution in [-0.2, 0) is 0 Å². The second kappa shape index (κ2) is 6.89. The molecular weight excluding hydrogens is 324 g/mol. The predicted molar refractivity (Wildman–Crippen MR) is 115 cm³/mol. The van der Waals surface area contributed by atoms with Gasteiger partial charge in [0.15, 0.2) is 0 Å². The maximum Gasteiger partial charge on any atom is 0.00961 e. The van der Waals surface area contributed by atoms with Gasteiger partial charge in [-0.1, -0.05) is 109 Å². The average Bonchev–Trinajstić information content (AvgIpc) is 3.20. The van der Waals surface area contributed by atoms with Gasteiger partial charge in [-0.25, -0.2) is 0 Å². The number of allylic oxidation sites excluding steroid dienone is 2. The number of benzene rings is 4. The second-order valence-corrected chi connectivity index (χ2v) is 7.41. The van der Waals surface area contributed by atoms with Crippen molar-refractivity contribution in [2.75, 3.05) is 0 Å². The zero-order chi connectivity index (χ0) is 18.1. The Labute approximate surface area is 160 Å². The maximum atomic E-state index is 2.50. The molecule has 27 heavy (non-hydrogen) atoms. The van der Waals surface area contributed by atoms with Crippen LogP contribution < -0.4 is 0 Å². The van der Waals surface area contributed by atoms with Crippen LogP contribution in [0.15, 0.2) is 109 Å². The zero-order valence-electron chi connectivity index (χ0n) is 15.3. The van der Waals surface area contributed by atoms with Crippen molar-refractivity contribution in [2.45, 2.75) is 18.3 Å². The maximum absolute atomic E-state index is 2.50. The Hall–Kier alpha value is -3.12. The summed E-state index contributed by atoms with van der Waals surface area (Å²) in [5.41, 5.74) is 5.65. The summed E-state index contributed by atoms with van der Waals surface area (Å²) in [5, 5.41) is 2.63. The van der Waals surface area contributed by atoms with Gasteiger partial charge in [0, 0.05) is 5.92 Å². The summed E-state index contributed by atoms with van der Waals surface area (Å²) in [6.45, 7) is 0. The minimum atomic E-state index is 0.409. The van der Waals surface area contributed by atoms with Crippen LogP contribution in [0.4, 0.5) is 0 Å². The first kappa shape index (κ1) is 16.1. The number of hydrogen-bond acceptors (Lipinski definition) is 0. The van der Waals surface area contributed by atoms with E-state index in [2.05, 4.69) is 109 Å². The van der Waals surface area contributed by atoms with Crippen molar-refractivity contribution in [1.29, 1.82) is 0 Å². The molecule has 1 aliphatic rings. The fraction of sp³-hybridized carbons (Fsp3) is 0.111. The summed E-state index contributed by atoms with van der Waals surface area (Å²) >= 11 is 0. The highest BCUT2D eigenvalue weighted by Gasteiger charge is 2.30. The Balaban J connectivity index is 1.61. The molecule has 5 rings (SSSR count). The van der Waals surface area contributed by atoms with Crippen LogP contribution in [0.3, 0.4) is 0 Å². The smallest absolute Gasteiger partial charge is 0.00961 e. The van der Waals surface area contributed by atoms with Crippen molar-refractivity contribution in [3.63, 3.8) is 0 Å². The second-order valence-electron chi connectivity index (χ2n) is 7.41. The van der Waals surface area contributed by atoms with Crippen molar-refractivity contribution >= 4 is 16.3 Å².